The predicted octanol–water partition coefficient (Wildman–Crippen LogP) is 2.44. The number of nitrogens with zero attached hydrogens (tertiary/aromatic N) is 4. The second kappa shape index (κ2) is 10.7. The molecule has 2 saturated heterocycles. The Labute approximate surface area is 195 Å². The maximum absolute atomic E-state index is 12.6. The van der Waals surface area contributed by atoms with E-state index in [1.54, 1.807) is 26.3 Å². The van der Waals surface area contributed by atoms with E-state index in [-0.39, 0.29) is 17.9 Å². The van der Waals surface area contributed by atoms with E-state index in [1.165, 1.54) is 0 Å². The zero-order valence-electron chi connectivity index (χ0n) is 19.4. The first-order valence-corrected chi connectivity index (χ1v) is 11.5. The molecule has 2 amide bonds. The molecule has 0 unspecified atom stereocenters. The quantitative estimate of drug-likeness (QED) is 0.670. The minimum absolute atomic E-state index is 0.0287. The largest absolute Gasteiger partial charge is 0.493 e. The van der Waals surface area contributed by atoms with Crippen molar-refractivity contribution in [2.75, 3.05) is 46.4 Å². The van der Waals surface area contributed by atoms with Crippen LogP contribution in [0, 0.1) is 0 Å². The van der Waals surface area contributed by atoms with Gasteiger partial charge in [0.05, 0.1) is 7.11 Å². The van der Waals surface area contributed by atoms with Gasteiger partial charge >= 0.3 is 0 Å². The predicted molar refractivity (Wildman–Crippen MR) is 124 cm³/mol. The number of pyridine rings is 1. The van der Waals surface area contributed by atoms with E-state index >= 15 is 0 Å². The number of piperidine rings is 1. The van der Waals surface area contributed by atoms with Crippen LogP contribution in [0.25, 0.3) is 0 Å². The molecule has 4 rings (SSSR count). The van der Waals surface area contributed by atoms with Crippen molar-refractivity contribution < 1.29 is 19.1 Å². The van der Waals surface area contributed by atoms with Crippen molar-refractivity contribution in [1.29, 1.82) is 0 Å². The lowest BCUT2D eigenvalue weighted by atomic mass is 10.1. The fraction of sp³-hybridized carbons (Fsp3) is 0.480. The Morgan fingerprint density at radius 1 is 0.970 bits per heavy atom. The van der Waals surface area contributed by atoms with Gasteiger partial charge in [-0.05, 0) is 29.8 Å². The van der Waals surface area contributed by atoms with E-state index in [0.29, 0.717) is 24.5 Å². The molecule has 33 heavy (non-hydrogen) atoms. The number of amides is 2. The topological polar surface area (TPSA) is 75.2 Å². The van der Waals surface area contributed by atoms with Crippen LogP contribution in [0.1, 0.15) is 35.8 Å². The number of methoxy groups -OCH3 is 1. The second-order valence-electron chi connectivity index (χ2n) is 8.59. The van der Waals surface area contributed by atoms with Crippen LogP contribution in [0.15, 0.2) is 42.6 Å². The third-order valence-electron chi connectivity index (χ3n) is 6.36. The lowest BCUT2D eigenvalue weighted by Gasteiger charge is -2.34. The molecule has 0 aliphatic carbocycles. The highest BCUT2D eigenvalue weighted by Gasteiger charge is 2.26. The first kappa shape index (κ1) is 23.0. The molecular weight excluding hydrogens is 420 g/mol. The molecule has 2 aliphatic rings. The number of likely N-dealkylation sites (tertiary alicyclic amines) is 1. The van der Waals surface area contributed by atoms with E-state index < -0.39 is 0 Å². The highest BCUT2D eigenvalue weighted by molar-refractivity contribution is 5.92. The molecule has 8 heteroatoms. The van der Waals surface area contributed by atoms with Crippen LogP contribution >= 0.6 is 0 Å². The number of rotatable bonds is 6. The number of piperazine rings is 1. The van der Waals surface area contributed by atoms with Crippen LogP contribution in [-0.4, -0.2) is 84.0 Å². The molecule has 2 fully saturated rings. The molecule has 0 bridgehead atoms. The molecule has 1 aromatic heterocycles. The Hall–Kier alpha value is -3.13. The number of hydrogen-bond donors (Lipinski definition) is 0. The summed E-state index contributed by atoms with van der Waals surface area (Å²) in [7, 11) is 1.65. The Balaban J connectivity index is 1.33. The zero-order chi connectivity index (χ0) is 23.2. The van der Waals surface area contributed by atoms with Gasteiger partial charge in [0.2, 0.25) is 5.91 Å². The summed E-state index contributed by atoms with van der Waals surface area (Å²) >= 11 is 0. The standard InChI is InChI=1S/C25H32N4O4/c1-19(30)28-15-13-27(14-16-28)18-20-6-7-23(32-2)24(17-20)33-21-8-11-29(12-9-21)25(31)22-5-3-4-10-26-22/h3-7,10,17,21H,8-9,11-16,18H2,1-2H3. The van der Waals surface area contributed by atoms with Crippen molar-refractivity contribution in [1.82, 2.24) is 19.7 Å². The first-order valence-electron chi connectivity index (χ1n) is 11.5. The Kier molecular flexibility index (Phi) is 7.44. The summed E-state index contributed by atoms with van der Waals surface area (Å²) in [5, 5.41) is 0. The van der Waals surface area contributed by atoms with Crippen LogP contribution in [0.5, 0.6) is 11.5 Å². The summed E-state index contributed by atoms with van der Waals surface area (Å²) in [4.78, 5) is 34.4. The Morgan fingerprint density at radius 2 is 1.73 bits per heavy atom. The molecule has 176 valence electrons. The third kappa shape index (κ3) is 5.82. The van der Waals surface area contributed by atoms with Gasteiger partial charge in [-0.1, -0.05) is 12.1 Å². The summed E-state index contributed by atoms with van der Waals surface area (Å²) in [6.07, 6.45) is 3.20. The van der Waals surface area contributed by atoms with Crippen LogP contribution in [0.4, 0.5) is 0 Å². The monoisotopic (exact) mass is 452 g/mol. The second-order valence-corrected chi connectivity index (χ2v) is 8.59. The maximum atomic E-state index is 12.6. The van der Waals surface area contributed by atoms with E-state index in [9.17, 15) is 9.59 Å². The highest BCUT2D eigenvalue weighted by atomic mass is 16.5. The number of carbonyl (C=O) groups is 2. The van der Waals surface area contributed by atoms with Gasteiger partial charge < -0.3 is 19.3 Å². The van der Waals surface area contributed by atoms with Gasteiger partial charge in [-0.2, -0.15) is 0 Å². The summed E-state index contributed by atoms with van der Waals surface area (Å²) in [5.41, 5.74) is 1.64. The van der Waals surface area contributed by atoms with Gasteiger partial charge in [-0.3, -0.25) is 19.5 Å². The molecule has 0 radical (unpaired) electrons. The highest BCUT2D eigenvalue weighted by Crippen LogP contribution is 2.31. The van der Waals surface area contributed by atoms with Crippen LogP contribution < -0.4 is 9.47 Å². The van der Waals surface area contributed by atoms with E-state index in [0.717, 1.165) is 56.9 Å². The van der Waals surface area contributed by atoms with Gasteiger partial charge in [0.15, 0.2) is 11.5 Å². The number of ether oxygens (including phenoxy) is 2. The van der Waals surface area contributed by atoms with E-state index in [4.69, 9.17) is 9.47 Å². The lowest BCUT2D eigenvalue weighted by molar-refractivity contribution is -0.130. The average Bonchev–Trinajstić information content (AvgIpc) is 2.85. The number of benzene rings is 1. The van der Waals surface area contributed by atoms with Gasteiger partial charge in [0, 0.05) is 71.8 Å². The minimum atomic E-state index is -0.0292. The van der Waals surface area contributed by atoms with E-state index in [1.807, 2.05) is 28.0 Å². The molecule has 8 nitrogen and oxygen atoms in total. The fourth-order valence-electron chi connectivity index (χ4n) is 4.40. The summed E-state index contributed by atoms with van der Waals surface area (Å²) in [5.74, 6) is 1.57. The van der Waals surface area contributed by atoms with Gasteiger partial charge in [0.25, 0.3) is 5.91 Å². The van der Waals surface area contributed by atoms with Crippen molar-refractivity contribution >= 4 is 11.8 Å². The zero-order valence-corrected chi connectivity index (χ0v) is 19.4. The molecule has 0 atom stereocenters. The normalized spacial score (nSPS) is 17.6. The summed E-state index contributed by atoms with van der Waals surface area (Å²) in [6, 6.07) is 11.5. The molecule has 0 saturated carbocycles. The lowest BCUT2D eigenvalue weighted by Crippen LogP contribution is -2.47. The minimum Gasteiger partial charge on any atom is -0.493 e. The van der Waals surface area contributed by atoms with Crippen LogP contribution in [0.3, 0.4) is 0 Å². The average molecular weight is 453 g/mol. The van der Waals surface area contributed by atoms with E-state index in [2.05, 4.69) is 22.0 Å². The number of carbonyl (C=O) groups excluding carboxylic acids is 2. The van der Waals surface area contributed by atoms with Crippen molar-refractivity contribution in [3.05, 3.63) is 53.9 Å². The molecule has 0 N–H and O–H groups in total. The molecule has 2 aliphatic heterocycles. The fourth-order valence-corrected chi connectivity index (χ4v) is 4.40. The molecule has 0 spiro atoms. The van der Waals surface area contributed by atoms with Gasteiger partial charge in [0.1, 0.15) is 11.8 Å². The maximum Gasteiger partial charge on any atom is 0.272 e. The SMILES string of the molecule is COc1ccc(CN2CCN(C(C)=O)CC2)cc1OC1CCN(C(=O)c2ccccn2)CC1. The third-order valence-corrected chi connectivity index (χ3v) is 6.36. The van der Waals surface area contributed by atoms with Crippen molar-refractivity contribution in [2.24, 2.45) is 0 Å². The Bertz CT molecular complexity index is 952. The number of hydrogen-bond acceptors (Lipinski definition) is 6. The summed E-state index contributed by atoms with van der Waals surface area (Å²) < 4.78 is 11.9. The van der Waals surface area contributed by atoms with Crippen molar-refractivity contribution in [3.8, 4) is 11.5 Å². The first-order chi connectivity index (χ1) is 16.0. The Morgan fingerprint density at radius 3 is 2.36 bits per heavy atom. The molecule has 3 heterocycles. The molecular formula is C25H32N4O4. The van der Waals surface area contributed by atoms with Crippen LogP contribution in [-0.2, 0) is 11.3 Å². The summed E-state index contributed by atoms with van der Waals surface area (Å²) in [6.45, 7) is 6.99. The number of aromatic nitrogens is 1. The van der Waals surface area contributed by atoms with Gasteiger partial charge in [-0.25, -0.2) is 0 Å². The molecule has 2 aromatic rings. The van der Waals surface area contributed by atoms with Crippen molar-refractivity contribution in [3.63, 3.8) is 0 Å². The van der Waals surface area contributed by atoms with Gasteiger partial charge in [-0.15, -0.1) is 0 Å². The van der Waals surface area contributed by atoms with Crippen molar-refractivity contribution in [2.45, 2.75) is 32.4 Å². The van der Waals surface area contributed by atoms with Crippen LogP contribution in [0.2, 0.25) is 0 Å². The smallest absolute Gasteiger partial charge is 0.272 e. The molecule has 1 aromatic carbocycles.